The first-order chi connectivity index (χ1) is 14.8. The summed E-state index contributed by atoms with van der Waals surface area (Å²) < 4.78 is 27.2. The summed E-state index contributed by atoms with van der Waals surface area (Å²) in [5, 5.41) is 19.2. The number of aromatic hydroxyl groups is 1. The van der Waals surface area contributed by atoms with Crippen molar-refractivity contribution in [3.05, 3.63) is 52.3 Å². The second-order valence-corrected chi connectivity index (χ2v) is 11.1. The van der Waals surface area contributed by atoms with Crippen LogP contribution in [0.5, 0.6) is 5.75 Å². The van der Waals surface area contributed by atoms with Crippen LogP contribution in [0.2, 0.25) is 0 Å². The van der Waals surface area contributed by atoms with Gasteiger partial charge in [0.1, 0.15) is 22.2 Å². The maximum Gasteiger partial charge on any atom is 0.246 e. The average Bonchev–Trinajstić information content (AvgIpc) is 3.01. The van der Waals surface area contributed by atoms with E-state index in [-0.39, 0.29) is 40.9 Å². The molecular formula is C23H30N4O4S. The Morgan fingerprint density at radius 3 is 2.53 bits per heavy atom. The smallest absolute Gasteiger partial charge is 0.246 e. The van der Waals surface area contributed by atoms with Crippen LogP contribution in [0.3, 0.4) is 0 Å². The summed E-state index contributed by atoms with van der Waals surface area (Å²) in [7, 11) is -2.55. The number of nitrogens with zero attached hydrogens (tertiary/aromatic N) is 3. The van der Waals surface area contributed by atoms with Crippen molar-refractivity contribution >= 4 is 21.6 Å². The minimum atomic E-state index is -3.98. The molecule has 3 rings (SSSR count). The Kier molecular flexibility index (Phi) is 6.19. The first-order valence-electron chi connectivity index (χ1n) is 10.4. The summed E-state index contributed by atoms with van der Waals surface area (Å²) in [5.74, 6) is -0.499. The number of hydrogen-bond donors (Lipinski definition) is 2. The van der Waals surface area contributed by atoms with E-state index in [9.17, 15) is 18.3 Å². The Hall–Kier alpha value is -2.78. The highest BCUT2D eigenvalue weighted by atomic mass is 32.2. The first kappa shape index (κ1) is 23.9. The summed E-state index contributed by atoms with van der Waals surface area (Å²) in [4.78, 5) is 19.0. The van der Waals surface area contributed by atoms with E-state index in [0.717, 1.165) is 15.6 Å². The summed E-state index contributed by atoms with van der Waals surface area (Å²) in [5.41, 5.74) is 2.21. The second kappa shape index (κ2) is 8.29. The number of carbonyl (C=O) groups is 1. The van der Waals surface area contributed by atoms with E-state index in [2.05, 4.69) is 4.98 Å². The highest BCUT2D eigenvalue weighted by Crippen LogP contribution is 2.38. The molecule has 0 fully saturated rings. The SMILES string of the molecule is CCN(C)S(=O)(=O)c1cc(C(=O)CN2Cc3ccc(C)nc3C2=N)cc(C(C)(C)C)c1O. The first-order valence-corrected chi connectivity index (χ1v) is 11.9. The predicted octanol–water partition coefficient (Wildman–Crippen LogP) is 3.06. The number of sulfonamides is 1. The van der Waals surface area contributed by atoms with Gasteiger partial charge in [0, 0.05) is 42.5 Å². The number of aryl methyl sites for hydroxylation is 1. The van der Waals surface area contributed by atoms with Crippen LogP contribution in [0.1, 0.15) is 60.6 Å². The van der Waals surface area contributed by atoms with Crippen LogP contribution in [-0.2, 0) is 22.0 Å². The topological polar surface area (TPSA) is 115 Å². The number of pyridine rings is 1. The van der Waals surface area contributed by atoms with Crippen LogP contribution in [0.4, 0.5) is 0 Å². The van der Waals surface area contributed by atoms with Gasteiger partial charge in [0.2, 0.25) is 10.0 Å². The number of nitrogens with one attached hydrogen (secondary N) is 1. The lowest BCUT2D eigenvalue weighted by atomic mass is 9.85. The number of aromatic nitrogens is 1. The van der Waals surface area contributed by atoms with Gasteiger partial charge >= 0.3 is 0 Å². The van der Waals surface area contributed by atoms with Gasteiger partial charge in [0.05, 0.1) is 6.54 Å². The van der Waals surface area contributed by atoms with Crippen molar-refractivity contribution in [1.29, 1.82) is 5.41 Å². The fourth-order valence-electron chi connectivity index (χ4n) is 3.63. The molecule has 32 heavy (non-hydrogen) atoms. The number of fused-ring (bicyclic) bond motifs is 1. The van der Waals surface area contributed by atoms with Crippen molar-refractivity contribution in [2.24, 2.45) is 0 Å². The quantitative estimate of drug-likeness (QED) is 0.643. The standard InChI is InChI=1S/C23H30N4O4S/c1-7-26(6)32(30,31)19-11-16(10-17(21(19)29)23(3,4)5)18(28)13-27-12-15-9-8-14(2)25-20(15)22(27)24/h8-11,24,29H,7,12-13H2,1-6H3. The molecule has 1 aromatic carbocycles. The predicted molar refractivity (Wildman–Crippen MR) is 123 cm³/mol. The monoisotopic (exact) mass is 458 g/mol. The summed E-state index contributed by atoms with van der Waals surface area (Å²) in [6.45, 7) is 9.60. The van der Waals surface area contributed by atoms with Crippen LogP contribution in [0.15, 0.2) is 29.2 Å². The summed E-state index contributed by atoms with van der Waals surface area (Å²) in [6, 6.07) is 6.57. The molecule has 0 spiro atoms. The maximum absolute atomic E-state index is 13.2. The van der Waals surface area contributed by atoms with Crippen molar-refractivity contribution in [2.75, 3.05) is 20.1 Å². The molecule has 0 saturated heterocycles. The van der Waals surface area contributed by atoms with E-state index in [1.165, 1.54) is 13.1 Å². The summed E-state index contributed by atoms with van der Waals surface area (Å²) in [6.07, 6.45) is 0. The number of phenolic OH excluding ortho intramolecular Hbond substituents is 1. The van der Waals surface area contributed by atoms with Gasteiger partial charge in [-0.2, -0.15) is 0 Å². The van der Waals surface area contributed by atoms with Crippen LogP contribution in [-0.4, -0.2) is 59.5 Å². The van der Waals surface area contributed by atoms with E-state index in [4.69, 9.17) is 5.41 Å². The molecule has 1 aromatic heterocycles. The molecule has 0 radical (unpaired) electrons. The highest BCUT2D eigenvalue weighted by molar-refractivity contribution is 7.89. The number of Topliss-reactive ketones (excluding diaryl/α,β-unsaturated/α-hetero) is 1. The Morgan fingerprint density at radius 1 is 1.28 bits per heavy atom. The number of phenols is 1. The van der Waals surface area contributed by atoms with Gasteiger partial charge in [-0.3, -0.25) is 10.2 Å². The minimum absolute atomic E-state index is 0.0916. The lowest BCUT2D eigenvalue weighted by Crippen LogP contribution is -2.31. The van der Waals surface area contributed by atoms with Gasteiger partial charge < -0.3 is 10.0 Å². The van der Waals surface area contributed by atoms with Crippen molar-refractivity contribution < 1.29 is 18.3 Å². The lowest BCUT2D eigenvalue weighted by molar-refractivity contribution is 0.0962. The number of hydrogen-bond acceptors (Lipinski definition) is 6. The summed E-state index contributed by atoms with van der Waals surface area (Å²) >= 11 is 0. The number of amidine groups is 1. The zero-order chi connectivity index (χ0) is 24.0. The minimum Gasteiger partial charge on any atom is -0.506 e. The molecule has 9 heteroatoms. The third-order valence-electron chi connectivity index (χ3n) is 5.69. The van der Waals surface area contributed by atoms with Crippen molar-refractivity contribution in [1.82, 2.24) is 14.2 Å². The molecule has 0 amide bonds. The largest absolute Gasteiger partial charge is 0.506 e. The molecule has 1 aliphatic rings. The maximum atomic E-state index is 13.2. The van der Waals surface area contributed by atoms with Gasteiger partial charge in [0.25, 0.3) is 0 Å². The van der Waals surface area contributed by atoms with Gasteiger partial charge in [-0.25, -0.2) is 17.7 Å². The molecule has 2 heterocycles. The van der Waals surface area contributed by atoms with Crippen molar-refractivity contribution in [3.63, 3.8) is 0 Å². The number of rotatable bonds is 6. The molecule has 0 aliphatic carbocycles. The molecule has 2 aromatic rings. The van der Waals surface area contributed by atoms with Gasteiger partial charge in [-0.1, -0.05) is 33.8 Å². The second-order valence-electron chi connectivity index (χ2n) is 9.13. The molecule has 0 saturated carbocycles. The Morgan fingerprint density at radius 2 is 1.94 bits per heavy atom. The van der Waals surface area contributed by atoms with Crippen LogP contribution < -0.4 is 0 Å². The Labute approximate surface area is 189 Å². The van der Waals surface area contributed by atoms with Gasteiger partial charge in [0.15, 0.2) is 5.78 Å². The van der Waals surface area contributed by atoms with Crippen LogP contribution in [0.25, 0.3) is 0 Å². The van der Waals surface area contributed by atoms with E-state index in [0.29, 0.717) is 17.8 Å². The van der Waals surface area contributed by atoms with E-state index in [1.54, 1.807) is 17.9 Å². The fraction of sp³-hybridized carbons (Fsp3) is 0.435. The zero-order valence-electron chi connectivity index (χ0n) is 19.4. The van der Waals surface area contributed by atoms with Crippen LogP contribution >= 0.6 is 0 Å². The third-order valence-corrected chi connectivity index (χ3v) is 7.64. The number of benzene rings is 1. The highest BCUT2D eigenvalue weighted by Gasteiger charge is 2.32. The zero-order valence-corrected chi connectivity index (χ0v) is 20.2. The molecule has 8 nitrogen and oxygen atoms in total. The van der Waals surface area contributed by atoms with Crippen molar-refractivity contribution in [2.45, 2.75) is 51.5 Å². The fourth-order valence-corrected chi connectivity index (χ4v) is 4.93. The van der Waals surface area contributed by atoms with E-state index in [1.807, 2.05) is 39.8 Å². The van der Waals surface area contributed by atoms with E-state index >= 15 is 0 Å². The molecular weight excluding hydrogens is 428 g/mol. The number of ketones is 1. The van der Waals surface area contributed by atoms with Gasteiger partial charge in [-0.05, 0) is 30.5 Å². The van der Waals surface area contributed by atoms with Crippen LogP contribution in [0, 0.1) is 12.3 Å². The average molecular weight is 459 g/mol. The Bertz CT molecular complexity index is 1200. The normalized spacial score (nSPS) is 14.2. The molecule has 172 valence electrons. The molecule has 1 aliphatic heterocycles. The van der Waals surface area contributed by atoms with Crippen molar-refractivity contribution in [3.8, 4) is 5.75 Å². The molecule has 0 atom stereocenters. The Balaban J connectivity index is 2.01. The molecule has 2 N–H and O–H groups in total. The third kappa shape index (κ3) is 4.27. The van der Waals surface area contributed by atoms with E-state index < -0.39 is 15.4 Å². The van der Waals surface area contributed by atoms with Gasteiger partial charge in [-0.15, -0.1) is 0 Å². The lowest BCUT2D eigenvalue weighted by Gasteiger charge is -2.25. The number of carbonyl (C=O) groups excluding carboxylic acids is 1. The molecule has 0 unspecified atom stereocenters. The molecule has 0 bridgehead atoms.